The van der Waals surface area contributed by atoms with E-state index in [0.29, 0.717) is 25.1 Å². The number of unbranched alkanes of at least 4 members (excludes halogenated alkanes) is 1. The van der Waals surface area contributed by atoms with E-state index >= 15 is 0 Å². The molecule has 1 aromatic carbocycles. The van der Waals surface area contributed by atoms with E-state index < -0.39 is 82.9 Å². The number of non-ortho nitro benzene ring substituents is 1. The molecule has 0 unspecified atom stereocenters. The zero-order valence-corrected chi connectivity index (χ0v) is 30.0. The van der Waals surface area contributed by atoms with Crippen LogP contribution in [0.4, 0.5) is 11.4 Å². The molecular formula is C32H49N7O11S. The van der Waals surface area contributed by atoms with Crippen LogP contribution >= 0.6 is 11.8 Å². The third-order valence-corrected chi connectivity index (χ3v) is 8.14. The maximum absolute atomic E-state index is 13.6. The summed E-state index contributed by atoms with van der Waals surface area (Å²) in [5.41, 5.74) is 5.75. The molecule has 0 fully saturated rings. The first-order valence-corrected chi connectivity index (χ1v) is 17.8. The average molecular weight is 740 g/mol. The molecule has 0 aliphatic heterocycles. The summed E-state index contributed by atoms with van der Waals surface area (Å²) in [5.74, 6) is -5.45. The van der Waals surface area contributed by atoms with Gasteiger partial charge in [0, 0.05) is 30.7 Å². The van der Waals surface area contributed by atoms with Crippen molar-refractivity contribution in [2.45, 2.75) is 89.4 Å². The molecule has 0 saturated carbocycles. The minimum absolute atomic E-state index is 0.143. The molecule has 0 radical (unpaired) electrons. The van der Waals surface area contributed by atoms with E-state index in [4.69, 9.17) is 10.8 Å². The zero-order valence-electron chi connectivity index (χ0n) is 29.2. The van der Waals surface area contributed by atoms with Crippen molar-refractivity contribution in [2.75, 3.05) is 31.0 Å². The Hall–Kier alpha value is -4.78. The van der Waals surface area contributed by atoms with Gasteiger partial charge in [-0.3, -0.25) is 43.7 Å². The molecular weight excluding hydrogens is 690 g/mol. The Kier molecular flexibility index (Phi) is 20.5. The molecule has 5 amide bonds. The highest BCUT2D eigenvalue weighted by Crippen LogP contribution is 2.16. The molecule has 0 spiro atoms. The van der Waals surface area contributed by atoms with Crippen LogP contribution in [0.15, 0.2) is 24.3 Å². The topological polar surface area (TPSA) is 278 Å². The molecule has 18 nitrogen and oxygen atoms in total. The van der Waals surface area contributed by atoms with Gasteiger partial charge in [0.25, 0.3) is 5.69 Å². The summed E-state index contributed by atoms with van der Waals surface area (Å²) in [6.07, 6.45) is 1.79. The van der Waals surface area contributed by atoms with Crippen LogP contribution in [-0.4, -0.2) is 101 Å². The maximum Gasteiger partial charge on any atom is 0.306 e. The Labute approximate surface area is 300 Å². The number of nitro groups is 1. The summed E-state index contributed by atoms with van der Waals surface area (Å²) in [7, 11) is 1.15. The number of hydrogen-bond donors (Lipinski definition) is 7. The van der Waals surface area contributed by atoms with Gasteiger partial charge in [0.1, 0.15) is 24.2 Å². The maximum atomic E-state index is 13.6. The van der Waals surface area contributed by atoms with Crippen LogP contribution < -0.4 is 32.3 Å². The van der Waals surface area contributed by atoms with E-state index in [1.165, 1.54) is 36.0 Å². The summed E-state index contributed by atoms with van der Waals surface area (Å²) in [6, 6.07) is 0.422. The standard InChI is InChI=1S/C32H49N7O11S/c1-19(2)28(38-31(46)23(12-14-26(41)42)35-25(40)13-15-27(43)50-3)32(47)37-22(7-5-6-17-33)30(45)36-24(16-18-51-4)29(44)34-20-8-10-21(11-9-20)39(48)49/h8-11,19,22-24,28H,5-7,12-18,33H2,1-4H3,(H,34,44)(H,35,40)(H,36,45)(H,37,47)(H,38,46)(H,41,42)/t22-,23-,24+,28+/m1/s1. The van der Waals surface area contributed by atoms with Gasteiger partial charge in [-0.1, -0.05) is 13.8 Å². The Bertz CT molecular complexity index is 1360. The van der Waals surface area contributed by atoms with Gasteiger partial charge in [-0.05, 0) is 68.7 Å². The fourth-order valence-electron chi connectivity index (χ4n) is 4.61. The van der Waals surface area contributed by atoms with Crippen molar-refractivity contribution in [3.05, 3.63) is 34.4 Å². The SMILES string of the molecule is COC(=O)CCC(=O)N[C@H](CCC(=O)O)C(=O)N[C@H](C(=O)N[C@H](CCCCN)C(=O)N[C@@H](CCSC)C(=O)Nc1ccc([N+](=O)[O-])cc1)C(C)C. The van der Waals surface area contributed by atoms with Crippen molar-refractivity contribution < 1.29 is 48.3 Å². The second-order valence-corrected chi connectivity index (χ2v) is 12.8. The number of ether oxygens (including phenoxy) is 1. The van der Waals surface area contributed by atoms with Crippen molar-refractivity contribution in [1.82, 2.24) is 21.3 Å². The van der Waals surface area contributed by atoms with Gasteiger partial charge < -0.3 is 42.2 Å². The number of amides is 5. The van der Waals surface area contributed by atoms with E-state index in [1.807, 2.05) is 6.26 Å². The van der Waals surface area contributed by atoms with E-state index in [2.05, 4.69) is 31.3 Å². The molecule has 0 aliphatic carbocycles. The fraction of sp³-hybridized carbons (Fsp3) is 0.594. The summed E-state index contributed by atoms with van der Waals surface area (Å²) in [4.78, 5) is 99.2. The van der Waals surface area contributed by atoms with Gasteiger partial charge >= 0.3 is 11.9 Å². The largest absolute Gasteiger partial charge is 0.481 e. The number of anilines is 1. The number of aliphatic carboxylic acids is 1. The van der Waals surface area contributed by atoms with E-state index in [-0.39, 0.29) is 43.5 Å². The first-order chi connectivity index (χ1) is 24.1. The lowest BCUT2D eigenvalue weighted by atomic mass is 10.0. The second kappa shape index (κ2) is 23.6. The van der Waals surface area contributed by atoms with Gasteiger partial charge in [-0.2, -0.15) is 11.8 Å². The number of benzene rings is 1. The number of esters is 1. The van der Waals surface area contributed by atoms with Crippen LogP contribution in [0.1, 0.15) is 65.2 Å². The smallest absolute Gasteiger partial charge is 0.306 e. The number of thioether (sulfide) groups is 1. The Morgan fingerprint density at radius 1 is 0.824 bits per heavy atom. The number of nitrogens with one attached hydrogen (secondary N) is 5. The van der Waals surface area contributed by atoms with Crippen LogP contribution in [0.5, 0.6) is 0 Å². The molecule has 284 valence electrons. The highest BCUT2D eigenvalue weighted by molar-refractivity contribution is 7.98. The second-order valence-electron chi connectivity index (χ2n) is 11.8. The molecule has 0 saturated heterocycles. The third kappa shape index (κ3) is 17.1. The number of hydrogen-bond acceptors (Lipinski definition) is 12. The molecule has 1 rings (SSSR count). The van der Waals surface area contributed by atoms with Crippen LogP contribution in [-0.2, 0) is 38.3 Å². The van der Waals surface area contributed by atoms with Crippen molar-refractivity contribution in [1.29, 1.82) is 0 Å². The van der Waals surface area contributed by atoms with Gasteiger partial charge in [0.05, 0.1) is 18.5 Å². The number of rotatable bonds is 24. The molecule has 51 heavy (non-hydrogen) atoms. The van der Waals surface area contributed by atoms with E-state index in [9.17, 15) is 43.7 Å². The summed E-state index contributed by atoms with van der Waals surface area (Å²) in [5, 5.41) is 33.1. The quantitative estimate of drug-likeness (QED) is 0.0335. The van der Waals surface area contributed by atoms with Crippen LogP contribution in [0, 0.1) is 16.0 Å². The van der Waals surface area contributed by atoms with Crippen LogP contribution in [0.3, 0.4) is 0 Å². The van der Waals surface area contributed by atoms with Gasteiger partial charge in [-0.15, -0.1) is 0 Å². The highest BCUT2D eigenvalue weighted by atomic mass is 32.2. The lowest BCUT2D eigenvalue weighted by molar-refractivity contribution is -0.384. The van der Waals surface area contributed by atoms with Gasteiger partial charge in [-0.25, -0.2) is 0 Å². The number of carbonyl (C=O) groups excluding carboxylic acids is 6. The number of carbonyl (C=O) groups is 7. The number of nitrogens with two attached hydrogens (primary N) is 1. The fourth-order valence-corrected chi connectivity index (χ4v) is 5.08. The molecule has 8 N–H and O–H groups in total. The number of carboxylic acid groups (broad SMARTS) is 1. The van der Waals surface area contributed by atoms with Crippen molar-refractivity contribution in [3.63, 3.8) is 0 Å². The lowest BCUT2D eigenvalue weighted by Crippen LogP contribution is -2.59. The van der Waals surface area contributed by atoms with Crippen molar-refractivity contribution >= 4 is 64.6 Å². The molecule has 0 bridgehead atoms. The normalized spacial score (nSPS) is 13.1. The third-order valence-electron chi connectivity index (χ3n) is 7.50. The number of nitro benzene ring substituents is 1. The van der Waals surface area contributed by atoms with Crippen molar-refractivity contribution in [2.24, 2.45) is 11.7 Å². The minimum atomic E-state index is -1.35. The highest BCUT2D eigenvalue weighted by Gasteiger charge is 2.33. The van der Waals surface area contributed by atoms with Gasteiger partial charge in [0.15, 0.2) is 0 Å². The molecule has 0 aromatic heterocycles. The lowest BCUT2D eigenvalue weighted by Gasteiger charge is -2.28. The van der Waals surface area contributed by atoms with Crippen molar-refractivity contribution in [3.8, 4) is 0 Å². The summed E-state index contributed by atoms with van der Waals surface area (Å²) in [6.45, 7) is 3.59. The Morgan fingerprint density at radius 3 is 1.96 bits per heavy atom. The molecule has 0 aliphatic rings. The average Bonchev–Trinajstić information content (AvgIpc) is 3.08. The molecule has 1 aromatic rings. The number of carboxylic acids is 1. The predicted octanol–water partition coefficient (Wildman–Crippen LogP) is 0.829. The predicted molar refractivity (Wildman–Crippen MR) is 188 cm³/mol. The van der Waals surface area contributed by atoms with Crippen LogP contribution in [0.25, 0.3) is 0 Å². The van der Waals surface area contributed by atoms with Crippen LogP contribution in [0.2, 0.25) is 0 Å². The Morgan fingerprint density at radius 2 is 1.41 bits per heavy atom. The molecule has 4 atom stereocenters. The monoisotopic (exact) mass is 739 g/mol. The summed E-state index contributed by atoms with van der Waals surface area (Å²) >= 11 is 1.44. The van der Waals surface area contributed by atoms with Gasteiger partial charge in [0.2, 0.25) is 29.5 Å². The first-order valence-electron chi connectivity index (χ1n) is 16.4. The number of methoxy groups -OCH3 is 1. The zero-order chi connectivity index (χ0) is 38.5. The summed E-state index contributed by atoms with van der Waals surface area (Å²) < 4.78 is 4.51. The minimum Gasteiger partial charge on any atom is -0.481 e. The number of nitrogens with zero attached hydrogens (tertiary/aromatic N) is 1. The Balaban J connectivity index is 3.16. The van der Waals surface area contributed by atoms with E-state index in [0.717, 1.165) is 7.11 Å². The molecule has 0 heterocycles. The van der Waals surface area contributed by atoms with E-state index in [1.54, 1.807) is 13.8 Å². The first kappa shape index (κ1) is 44.2. The molecule has 19 heteroatoms.